The molecule has 0 saturated carbocycles. The second-order valence-electron chi connectivity index (χ2n) is 2.25. The molecule has 0 fully saturated rings. The van der Waals surface area contributed by atoms with Crippen LogP contribution in [0.2, 0.25) is 0 Å². The number of amidine groups is 1. The molecule has 2 N–H and O–H groups in total. The van der Waals surface area contributed by atoms with Gasteiger partial charge >= 0.3 is 0 Å². The van der Waals surface area contributed by atoms with Crippen LogP contribution < -0.4 is 5.48 Å². The molecule has 0 bridgehead atoms. The number of hydrogen-bond acceptors (Lipinski definition) is 3. The highest BCUT2D eigenvalue weighted by Crippen LogP contribution is 2.05. The smallest absolute Gasteiger partial charge is 0.120 e. The van der Waals surface area contributed by atoms with Gasteiger partial charge in [-0.2, -0.15) is 0 Å². The van der Waals surface area contributed by atoms with E-state index in [0.717, 1.165) is 31.6 Å². The van der Waals surface area contributed by atoms with Crippen molar-refractivity contribution in [3.8, 4) is 0 Å². The van der Waals surface area contributed by atoms with E-state index in [0.29, 0.717) is 0 Å². The number of aliphatic imine (C=N–C) groups is 1. The molecule has 1 heterocycles. The zero-order valence-corrected chi connectivity index (χ0v) is 5.43. The lowest BCUT2D eigenvalue weighted by molar-refractivity contribution is 0.231. The van der Waals surface area contributed by atoms with Crippen LogP contribution in [0.3, 0.4) is 0 Å². The second kappa shape index (κ2) is 3.45. The number of nitrogens with one attached hydrogen (secondary N) is 1. The van der Waals surface area contributed by atoms with E-state index in [4.69, 9.17) is 5.21 Å². The first-order valence-electron chi connectivity index (χ1n) is 3.37. The zero-order valence-electron chi connectivity index (χ0n) is 5.43. The van der Waals surface area contributed by atoms with Crippen LogP contribution in [0.1, 0.15) is 25.7 Å². The lowest BCUT2D eigenvalue weighted by Crippen LogP contribution is -2.18. The molecule has 52 valence electrons. The maximum atomic E-state index is 8.44. The summed E-state index contributed by atoms with van der Waals surface area (Å²) in [5.41, 5.74) is 2.09. The van der Waals surface area contributed by atoms with Crippen LogP contribution in [0.15, 0.2) is 4.99 Å². The van der Waals surface area contributed by atoms with Gasteiger partial charge in [0.15, 0.2) is 0 Å². The summed E-state index contributed by atoms with van der Waals surface area (Å²) < 4.78 is 0. The van der Waals surface area contributed by atoms with Gasteiger partial charge in [-0.15, -0.1) is 0 Å². The van der Waals surface area contributed by atoms with E-state index in [1.807, 2.05) is 0 Å². The Hall–Kier alpha value is -0.570. The van der Waals surface area contributed by atoms with Crippen molar-refractivity contribution < 1.29 is 5.21 Å². The topological polar surface area (TPSA) is 44.6 Å². The molecule has 1 aliphatic heterocycles. The van der Waals surface area contributed by atoms with Gasteiger partial charge in [-0.3, -0.25) is 15.7 Å². The normalized spacial score (nSPS) is 20.3. The predicted molar refractivity (Wildman–Crippen MR) is 35.7 cm³/mol. The van der Waals surface area contributed by atoms with Gasteiger partial charge in [0, 0.05) is 13.0 Å². The second-order valence-corrected chi connectivity index (χ2v) is 2.25. The number of hydroxylamine groups is 1. The van der Waals surface area contributed by atoms with Crippen molar-refractivity contribution in [2.45, 2.75) is 25.7 Å². The fourth-order valence-electron chi connectivity index (χ4n) is 0.965. The molecule has 0 spiro atoms. The van der Waals surface area contributed by atoms with Crippen molar-refractivity contribution in [1.82, 2.24) is 5.48 Å². The average molecular weight is 128 g/mol. The van der Waals surface area contributed by atoms with Crippen molar-refractivity contribution in [2.24, 2.45) is 4.99 Å². The maximum absolute atomic E-state index is 8.44. The van der Waals surface area contributed by atoms with Gasteiger partial charge in [-0.1, -0.05) is 6.42 Å². The highest BCUT2D eigenvalue weighted by atomic mass is 16.5. The van der Waals surface area contributed by atoms with Crippen molar-refractivity contribution in [1.29, 1.82) is 0 Å². The molecule has 3 heteroatoms. The van der Waals surface area contributed by atoms with Gasteiger partial charge < -0.3 is 0 Å². The van der Waals surface area contributed by atoms with E-state index >= 15 is 0 Å². The molecule has 9 heavy (non-hydrogen) atoms. The van der Waals surface area contributed by atoms with E-state index in [9.17, 15) is 0 Å². The fraction of sp³-hybridized carbons (Fsp3) is 0.833. The fourth-order valence-corrected chi connectivity index (χ4v) is 0.965. The molecule has 0 unspecified atom stereocenters. The summed E-state index contributed by atoms with van der Waals surface area (Å²) in [6.45, 7) is 0.864. The number of rotatable bonds is 0. The van der Waals surface area contributed by atoms with Crippen LogP contribution in [0.4, 0.5) is 0 Å². The number of nitrogens with zero attached hydrogens (tertiary/aromatic N) is 1. The van der Waals surface area contributed by atoms with E-state index < -0.39 is 0 Å². The minimum Gasteiger partial charge on any atom is -0.290 e. The third kappa shape index (κ3) is 2.01. The summed E-state index contributed by atoms with van der Waals surface area (Å²) in [5.74, 6) is 0.743. The van der Waals surface area contributed by atoms with E-state index in [-0.39, 0.29) is 0 Å². The van der Waals surface area contributed by atoms with Gasteiger partial charge in [-0.25, -0.2) is 0 Å². The molecule has 0 aromatic rings. The molecule has 0 saturated heterocycles. The Morgan fingerprint density at radius 1 is 1.33 bits per heavy atom. The van der Waals surface area contributed by atoms with Crippen molar-refractivity contribution >= 4 is 5.84 Å². The Balaban J connectivity index is 2.37. The minimum atomic E-state index is 0.743. The molecule has 1 rings (SSSR count). The van der Waals surface area contributed by atoms with Crippen molar-refractivity contribution in [2.75, 3.05) is 6.54 Å². The molecule has 0 aromatic carbocycles. The quantitative estimate of drug-likeness (QED) is 0.477. The van der Waals surface area contributed by atoms with Crippen LogP contribution in [0, 0.1) is 0 Å². The molecule has 0 aromatic heterocycles. The molecule has 3 nitrogen and oxygen atoms in total. The van der Waals surface area contributed by atoms with Gasteiger partial charge in [0.25, 0.3) is 0 Å². The molecule has 0 aliphatic carbocycles. The van der Waals surface area contributed by atoms with E-state index in [1.165, 1.54) is 6.42 Å². The lowest BCUT2D eigenvalue weighted by atomic mass is 10.2. The third-order valence-corrected chi connectivity index (χ3v) is 1.50. The Kier molecular flexibility index (Phi) is 2.51. The van der Waals surface area contributed by atoms with Gasteiger partial charge in [0.1, 0.15) is 5.84 Å². The molecule has 1 aliphatic rings. The lowest BCUT2D eigenvalue weighted by Gasteiger charge is -1.97. The first-order valence-corrected chi connectivity index (χ1v) is 3.37. The van der Waals surface area contributed by atoms with Crippen molar-refractivity contribution in [3.05, 3.63) is 0 Å². The minimum absolute atomic E-state index is 0.743. The molecular weight excluding hydrogens is 116 g/mol. The summed E-state index contributed by atoms with van der Waals surface area (Å²) >= 11 is 0. The Morgan fingerprint density at radius 3 is 3.00 bits per heavy atom. The third-order valence-electron chi connectivity index (χ3n) is 1.50. The summed E-state index contributed by atoms with van der Waals surface area (Å²) in [6.07, 6.45) is 4.43. The van der Waals surface area contributed by atoms with Gasteiger partial charge in [0.05, 0.1) is 0 Å². The summed E-state index contributed by atoms with van der Waals surface area (Å²) in [6, 6.07) is 0. The summed E-state index contributed by atoms with van der Waals surface area (Å²) in [5, 5.41) is 8.44. The molecule has 0 radical (unpaired) electrons. The van der Waals surface area contributed by atoms with Crippen molar-refractivity contribution in [3.63, 3.8) is 0 Å². The Labute approximate surface area is 54.8 Å². The molecule has 0 atom stereocenters. The average Bonchev–Trinajstić information content (AvgIpc) is 2.13. The molecule has 0 amide bonds. The monoisotopic (exact) mass is 128 g/mol. The summed E-state index contributed by atoms with van der Waals surface area (Å²) in [4.78, 5) is 4.10. The van der Waals surface area contributed by atoms with Gasteiger partial charge in [-0.05, 0) is 12.8 Å². The van der Waals surface area contributed by atoms with Crippen LogP contribution in [-0.2, 0) is 0 Å². The van der Waals surface area contributed by atoms with Crippen LogP contribution in [0.5, 0.6) is 0 Å². The highest BCUT2D eigenvalue weighted by molar-refractivity contribution is 5.81. The highest BCUT2D eigenvalue weighted by Gasteiger charge is 2.00. The van der Waals surface area contributed by atoms with E-state index in [2.05, 4.69) is 10.5 Å². The van der Waals surface area contributed by atoms with E-state index in [1.54, 1.807) is 0 Å². The maximum Gasteiger partial charge on any atom is 0.120 e. The van der Waals surface area contributed by atoms with Crippen LogP contribution in [0.25, 0.3) is 0 Å². The predicted octanol–water partition coefficient (Wildman–Crippen LogP) is 0.938. The zero-order chi connectivity index (χ0) is 6.53. The van der Waals surface area contributed by atoms with Crippen LogP contribution >= 0.6 is 0 Å². The largest absolute Gasteiger partial charge is 0.290 e. The van der Waals surface area contributed by atoms with Gasteiger partial charge in [0.2, 0.25) is 0 Å². The Morgan fingerprint density at radius 2 is 2.22 bits per heavy atom. The number of hydrogen-bond donors (Lipinski definition) is 2. The Bertz CT molecular complexity index is 112. The first kappa shape index (κ1) is 6.55. The standard InChI is InChI=1S/C6H12N2O/c9-8-6-4-2-1-3-5-7-6/h9H,1-5H2,(H,7,8). The van der Waals surface area contributed by atoms with Crippen LogP contribution in [-0.4, -0.2) is 17.6 Å². The molecular formula is C6H12N2O. The summed E-state index contributed by atoms with van der Waals surface area (Å²) in [7, 11) is 0. The SMILES string of the molecule is ONC1=NCCCCC1. The first-order chi connectivity index (χ1) is 4.43.